The van der Waals surface area contributed by atoms with Crippen molar-refractivity contribution in [1.82, 2.24) is 15.1 Å². The van der Waals surface area contributed by atoms with Crippen LogP contribution >= 0.6 is 0 Å². The zero-order valence-corrected chi connectivity index (χ0v) is 8.95. The maximum atomic E-state index is 10.9. The molecule has 0 unspecified atom stereocenters. The molecule has 0 saturated carbocycles. The molecule has 7 heteroatoms. The molecule has 1 N–H and O–H groups in total. The Labute approximate surface area is 96.1 Å². The van der Waals surface area contributed by atoms with E-state index in [1.807, 2.05) is 0 Å². The number of ether oxygens (including phenoxy) is 1. The summed E-state index contributed by atoms with van der Waals surface area (Å²) in [5, 5.41) is 12.5. The lowest BCUT2D eigenvalue weighted by Crippen LogP contribution is -2.04. The van der Waals surface area contributed by atoms with Gasteiger partial charge in [-0.25, -0.2) is 4.79 Å². The van der Waals surface area contributed by atoms with Gasteiger partial charge in [0.25, 0.3) is 0 Å². The Balaban J connectivity index is 2.11. The van der Waals surface area contributed by atoms with Gasteiger partial charge in [0, 0.05) is 13.1 Å². The summed E-state index contributed by atoms with van der Waals surface area (Å²) in [5.41, 5.74) is 0.0419. The molecule has 0 atom stereocenters. The number of nitrogens with zero attached hydrogens (tertiary/aromatic N) is 3. The molecule has 0 saturated heterocycles. The third-order valence-electron chi connectivity index (χ3n) is 1.94. The molecule has 0 spiro atoms. The second-order valence-corrected chi connectivity index (χ2v) is 3.20. The number of carboxylic acid groups (broad SMARTS) is 1. The fourth-order valence-corrected chi connectivity index (χ4v) is 1.21. The van der Waals surface area contributed by atoms with Gasteiger partial charge in [0.05, 0.1) is 6.20 Å². The molecule has 2 rings (SSSR count). The molecule has 0 fully saturated rings. The number of hydrogen-bond donors (Lipinski definition) is 1. The maximum absolute atomic E-state index is 10.9. The normalized spacial score (nSPS) is 10.2. The van der Waals surface area contributed by atoms with Crippen LogP contribution in [-0.4, -0.2) is 26.2 Å². The van der Waals surface area contributed by atoms with Crippen LogP contribution in [0.15, 0.2) is 23.0 Å². The van der Waals surface area contributed by atoms with Crippen LogP contribution in [0.3, 0.4) is 0 Å². The third kappa shape index (κ3) is 2.57. The summed E-state index contributed by atoms with van der Waals surface area (Å²) >= 11 is 0. The highest BCUT2D eigenvalue weighted by atomic mass is 16.5. The van der Waals surface area contributed by atoms with Crippen LogP contribution < -0.4 is 4.74 Å². The van der Waals surface area contributed by atoms with E-state index in [-0.39, 0.29) is 17.9 Å². The molecule has 0 aliphatic carbocycles. The monoisotopic (exact) mass is 235 g/mol. The van der Waals surface area contributed by atoms with Crippen LogP contribution in [0.25, 0.3) is 0 Å². The lowest BCUT2D eigenvalue weighted by molar-refractivity contribution is 0.0691. The summed E-state index contributed by atoms with van der Waals surface area (Å²) in [5.74, 6) is -0.134. The van der Waals surface area contributed by atoms with Crippen LogP contribution in [0.4, 0.5) is 0 Å². The van der Waals surface area contributed by atoms with E-state index in [9.17, 15) is 4.79 Å². The quantitative estimate of drug-likeness (QED) is 0.845. The summed E-state index contributed by atoms with van der Waals surface area (Å²) in [6.07, 6.45) is 2.71. The number of carbonyl (C=O) groups is 1. The van der Waals surface area contributed by atoms with Gasteiger partial charge >= 0.3 is 5.97 Å². The van der Waals surface area contributed by atoms with Gasteiger partial charge in [-0.3, -0.25) is 4.98 Å². The first-order chi connectivity index (χ1) is 8.16. The minimum Gasteiger partial charge on any atom is -0.483 e. The fraction of sp³-hybridized carbons (Fsp3) is 0.200. The van der Waals surface area contributed by atoms with Crippen LogP contribution in [0.5, 0.6) is 5.75 Å². The van der Waals surface area contributed by atoms with Gasteiger partial charge in [-0.15, -0.1) is 0 Å². The lowest BCUT2D eigenvalue weighted by Gasteiger charge is -2.05. The predicted octanol–water partition coefficient (Wildman–Crippen LogP) is 1.05. The van der Waals surface area contributed by atoms with Crippen molar-refractivity contribution in [1.29, 1.82) is 0 Å². The van der Waals surface area contributed by atoms with Crippen LogP contribution in [0, 0.1) is 6.92 Å². The van der Waals surface area contributed by atoms with Crippen LogP contribution in [-0.2, 0) is 6.61 Å². The third-order valence-corrected chi connectivity index (χ3v) is 1.94. The zero-order valence-electron chi connectivity index (χ0n) is 8.95. The molecule has 2 aromatic heterocycles. The number of carboxylic acids is 1. The minimum atomic E-state index is -1.08. The van der Waals surface area contributed by atoms with E-state index in [1.165, 1.54) is 18.5 Å². The first-order valence-corrected chi connectivity index (χ1v) is 4.76. The highest BCUT2D eigenvalue weighted by Gasteiger charge is 2.12. The number of aromatic nitrogens is 3. The Morgan fingerprint density at radius 2 is 2.41 bits per heavy atom. The number of aromatic carboxylic acids is 1. The SMILES string of the molecule is Cc1nc(COc2cnccc2C(=O)O)no1. The van der Waals surface area contributed by atoms with Crippen molar-refractivity contribution in [3.05, 3.63) is 35.7 Å². The van der Waals surface area contributed by atoms with E-state index in [0.29, 0.717) is 11.7 Å². The van der Waals surface area contributed by atoms with Crippen molar-refractivity contribution < 1.29 is 19.2 Å². The largest absolute Gasteiger partial charge is 0.483 e. The second kappa shape index (κ2) is 4.60. The summed E-state index contributed by atoms with van der Waals surface area (Å²) in [4.78, 5) is 18.6. The molecule has 0 aliphatic rings. The number of pyridine rings is 1. The Hall–Kier alpha value is -2.44. The second-order valence-electron chi connectivity index (χ2n) is 3.20. The first kappa shape index (κ1) is 11.1. The van der Waals surface area contributed by atoms with Gasteiger partial charge in [-0.2, -0.15) is 4.98 Å². The highest BCUT2D eigenvalue weighted by Crippen LogP contribution is 2.17. The van der Waals surface area contributed by atoms with Gasteiger partial charge in [-0.05, 0) is 6.07 Å². The molecule has 7 nitrogen and oxygen atoms in total. The Kier molecular flexibility index (Phi) is 2.99. The smallest absolute Gasteiger partial charge is 0.339 e. The topological polar surface area (TPSA) is 98.3 Å². The summed E-state index contributed by atoms with van der Waals surface area (Å²) in [6, 6.07) is 1.36. The molecule has 17 heavy (non-hydrogen) atoms. The average Bonchev–Trinajstić information content (AvgIpc) is 2.73. The molecule has 0 radical (unpaired) electrons. The van der Waals surface area contributed by atoms with Crippen molar-refractivity contribution in [3.8, 4) is 5.75 Å². The molecule has 88 valence electrons. The molecular weight excluding hydrogens is 226 g/mol. The lowest BCUT2D eigenvalue weighted by atomic mass is 10.2. The van der Waals surface area contributed by atoms with Crippen LogP contribution in [0.2, 0.25) is 0 Å². The van der Waals surface area contributed by atoms with E-state index >= 15 is 0 Å². The Morgan fingerprint density at radius 3 is 3.06 bits per heavy atom. The molecule has 0 amide bonds. The average molecular weight is 235 g/mol. The van der Waals surface area contributed by atoms with E-state index in [1.54, 1.807) is 6.92 Å². The van der Waals surface area contributed by atoms with Crippen molar-refractivity contribution in [2.75, 3.05) is 0 Å². The zero-order chi connectivity index (χ0) is 12.3. The van der Waals surface area contributed by atoms with Gasteiger partial charge in [0.2, 0.25) is 11.7 Å². The highest BCUT2D eigenvalue weighted by molar-refractivity contribution is 5.90. The van der Waals surface area contributed by atoms with Gasteiger partial charge in [0.15, 0.2) is 12.4 Å². The van der Waals surface area contributed by atoms with Crippen molar-refractivity contribution in [2.45, 2.75) is 13.5 Å². The summed E-state index contributed by atoms with van der Waals surface area (Å²) in [7, 11) is 0. The maximum Gasteiger partial charge on any atom is 0.339 e. The standard InChI is InChI=1S/C10H9N3O4/c1-6-12-9(13-17-6)5-16-8-4-11-3-2-7(8)10(14)15/h2-4H,5H2,1H3,(H,14,15). The minimum absolute atomic E-state index is 0.0311. The van der Waals surface area contributed by atoms with Gasteiger partial charge < -0.3 is 14.4 Å². The Morgan fingerprint density at radius 1 is 1.59 bits per heavy atom. The molecular formula is C10H9N3O4. The summed E-state index contributed by atoms with van der Waals surface area (Å²) in [6.45, 7) is 1.69. The van der Waals surface area contributed by atoms with Crippen molar-refractivity contribution in [3.63, 3.8) is 0 Å². The van der Waals surface area contributed by atoms with E-state index in [4.69, 9.17) is 14.4 Å². The molecule has 0 aliphatic heterocycles. The first-order valence-electron chi connectivity index (χ1n) is 4.76. The van der Waals surface area contributed by atoms with E-state index in [2.05, 4.69) is 15.1 Å². The number of hydrogen-bond acceptors (Lipinski definition) is 6. The summed E-state index contributed by atoms with van der Waals surface area (Å²) < 4.78 is 10.0. The van der Waals surface area contributed by atoms with Crippen LogP contribution in [0.1, 0.15) is 22.1 Å². The van der Waals surface area contributed by atoms with Crippen molar-refractivity contribution >= 4 is 5.97 Å². The number of rotatable bonds is 4. The number of aryl methyl sites for hydroxylation is 1. The molecule has 0 aromatic carbocycles. The molecule has 0 bridgehead atoms. The predicted molar refractivity (Wildman–Crippen MR) is 54.6 cm³/mol. The van der Waals surface area contributed by atoms with Crippen molar-refractivity contribution in [2.24, 2.45) is 0 Å². The van der Waals surface area contributed by atoms with Gasteiger partial charge in [0.1, 0.15) is 5.56 Å². The van der Waals surface area contributed by atoms with E-state index in [0.717, 1.165) is 0 Å². The van der Waals surface area contributed by atoms with Gasteiger partial charge in [-0.1, -0.05) is 5.16 Å². The molecule has 2 heterocycles. The Bertz CT molecular complexity index is 538. The van der Waals surface area contributed by atoms with E-state index < -0.39 is 5.97 Å². The fourth-order valence-electron chi connectivity index (χ4n) is 1.21. The molecule has 2 aromatic rings.